The molecule has 1 saturated heterocycles. The smallest absolute Gasteiger partial charge is 0.125 e. The lowest BCUT2D eigenvalue weighted by molar-refractivity contribution is 0.105. The molecule has 3 N–H and O–H groups in total. The molecule has 1 aliphatic rings. The van der Waals surface area contributed by atoms with Crippen LogP contribution in [0.2, 0.25) is 0 Å². The highest BCUT2D eigenvalue weighted by Gasteiger charge is 2.16. The number of halogens is 1. The summed E-state index contributed by atoms with van der Waals surface area (Å²) < 4.78 is 13.3. The Kier molecular flexibility index (Phi) is 4.38. The molecule has 1 aliphatic heterocycles. The number of hydrogen-bond donors (Lipinski definition) is 3. The fourth-order valence-corrected chi connectivity index (χ4v) is 2.18. The van der Waals surface area contributed by atoms with Gasteiger partial charge in [-0.05, 0) is 31.0 Å². The molecule has 1 aromatic rings. The molecule has 2 rings (SSSR count). The molecule has 1 unspecified atom stereocenters. The SMILES string of the molecule is OCC(O)CNc1cc(F)ccc1N1CCCC1. The van der Waals surface area contributed by atoms with E-state index in [2.05, 4.69) is 10.2 Å². The third-order valence-electron chi connectivity index (χ3n) is 3.14. The number of hydrogen-bond acceptors (Lipinski definition) is 4. The lowest BCUT2D eigenvalue weighted by atomic mass is 10.2. The third kappa shape index (κ3) is 3.11. The molecule has 0 aromatic heterocycles. The normalized spacial score (nSPS) is 16.9. The zero-order chi connectivity index (χ0) is 13.0. The molecule has 1 heterocycles. The lowest BCUT2D eigenvalue weighted by Crippen LogP contribution is -2.25. The molecule has 0 saturated carbocycles. The van der Waals surface area contributed by atoms with Crippen LogP contribution in [0.3, 0.4) is 0 Å². The minimum atomic E-state index is -0.834. The van der Waals surface area contributed by atoms with Gasteiger partial charge in [-0.2, -0.15) is 0 Å². The van der Waals surface area contributed by atoms with Crippen LogP contribution in [0.1, 0.15) is 12.8 Å². The van der Waals surface area contributed by atoms with Crippen molar-refractivity contribution in [2.45, 2.75) is 18.9 Å². The molecule has 18 heavy (non-hydrogen) atoms. The molecule has 1 fully saturated rings. The molecule has 0 spiro atoms. The van der Waals surface area contributed by atoms with Gasteiger partial charge in [-0.15, -0.1) is 0 Å². The van der Waals surface area contributed by atoms with Gasteiger partial charge in [0, 0.05) is 19.6 Å². The van der Waals surface area contributed by atoms with E-state index in [1.807, 2.05) is 0 Å². The predicted octanol–water partition coefficient (Wildman–Crippen LogP) is 1.19. The first-order chi connectivity index (χ1) is 8.70. The number of rotatable bonds is 5. The highest BCUT2D eigenvalue weighted by molar-refractivity contribution is 5.70. The summed E-state index contributed by atoms with van der Waals surface area (Å²) in [5.41, 5.74) is 1.63. The lowest BCUT2D eigenvalue weighted by Gasteiger charge is -2.22. The topological polar surface area (TPSA) is 55.7 Å². The van der Waals surface area contributed by atoms with Crippen molar-refractivity contribution < 1.29 is 14.6 Å². The Morgan fingerprint density at radius 2 is 2.06 bits per heavy atom. The fourth-order valence-electron chi connectivity index (χ4n) is 2.18. The van der Waals surface area contributed by atoms with Crippen molar-refractivity contribution in [3.8, 4) is 0 Å². The van der Waals surface area contributed by atoms with Gasteiger partial charge in [-0.3, -0.25) is 0 Å². The number of anilines is 2. The number of aliphatic hydroxyl groups excluding tert-OH is 2. The first-order valence-corrected chi connectivity index (χ1v) is 6.28. The van der Waals surface area contributed by atoms with Crippen molar-refractivity contribution in [1.82, 2.24) is 0 Å². The molecular weight excluding hydrogens is 235 g/mol. The molecule has 0 amide bonds. The average Bonchev–Trinajstić information content (AvgIpc) is 2.89. The van der Waals surface area contributed by atoms with E-state index in [9.17, 15) is 9.50 Å². The van der Waals surface area contributed by atoms with Crippen LogP contribution in [0.15, 0.2) is 18.2 Å². The number of nitrogens with zero attached hydrogens (tertiary/aromatic N) is 1. The summed E-state index contributed by atoms with van der Waals surface area (Å²) in [7, 11) is 0. The van der Waals surface area contributed by atoms with E-state index in [0.29, 0.717) is 5.69 Å². The Labute approximate surface area is 106 Å². The highest BCUT2D eigenvalue weighted by Crippen LogP contribution is 2.29. The number of nitrogens with one attached hydrogen (secondary N) is 1. The van der Waals surface area contributed by atoms with Gasteiger partial charge >= 0.3 is 0 Å². The van der Waals surface area contributed by atoms with Crippen LogP contribution in [-0.4, -0.2) is 42.6 Å². The first-order valence-electron chi connectivity index (χ1n) is 6.28. The zero-order valence-electron chi connectivity index (χ0n) is 10.3. The summed E-state index contributed by atoms with van der Waals surface area (Å²) in [6.07, 6.45) is 1.46. The van der Waals surface area contributed by atoms with E-state index in [1.54, 1.807) is 6.07 Å². The second-order valence-corrected chi connectivity index (χ2v) is 4.57. The van der Waals surface area contributed by atoms with Crippen LogP contribution in [0.5, 0.6) is 0 Å². The molecule has 1 aromatic carbocycles. The minimum Gasteiger partial charge on any atom is -0.394 e. The molecule has 100 valence electrons. The summed E-state index contributed by atoms with van der Waals surface area (Å²) in [5, 5.41) is 21.1. The van der Waals surface area contributed by atoms with Crippen molar-refractivity contribution >= 4 is 11.4 Å². The maximum atomic E-state index is 13.3. The van der Waals surface area contributed by atoms with Crippen molar-refractivity contribution in [1.29, 1.82) is 0 Å². The maximum absolute atomic E-state index is 13.3. The predicted molar refractivity (Wildman–Crippen MR) is 69.4 cm³/mol. The molecule has 0 radical (unpaired) electrons. The summed E-state index contributed by atoms with van der Waals surface area (Å²) in [4.78, 5) is 2.20. The fraction of sp³-hybridized carbons (Fsp3) is 0.538. The average molecular weight is 254 g/mol. The summed E-state index contributed by atoms with van der Waals surface area (Å²) in [5.74, 6) is -0.307. The van der Waals surface area contributed by atoms with Crippen LogP contribution in [0.25, 0.3) is 0 Å². The Hall–Kier alpha value is -1.33. The van der Waals surface area contributed by atoms with Gasteiger partial charge in [-0.1, -0.05) is 0 Å². The second kappa shape index (κ2) is 6.02. The van der Waals surface area contributed by atoms with E-state index < -0.39 is 6.10 Å². The molecular formula is C13H19FN2O2. The molecule has 5 heteroatoms. The molecule has 0 aliphatic carbocycles. The van der Waals surface area contributed by atoms with Crippen LogP contribution in [-0.2, 0) is 0 Å². The Bertz CT molecular complexity index is 395. The van der Waals surface area contributed by atoms with E-state index in [1.165, 1.54) is 12.1 Å². The number of aliphatic hydroxyl groups is 2. The van der Waals surface area contributed by atoms with Crippen molar-refractivity contribution in [3.05, 3.63) is 24.0 Å². The van der Waals surface area contributed by atoms with Gasteiger partial charge in [0.05, 0.1) is 24.1 Å². The Morgan fingerprint density at radius 1 is 1.33 bits per heavy atom. The second-order valence-electron chi connectivity index (χ2n) is 4.57. The summed E-state index contributed by atoms with van der Waals surface area (Å²) >= 11 is 0. The summed E-state index contributed by atoms with van der Waals surface area (Å²) in [6, 6.07) is 4.63. The van der Waals surface area contributed by atoms with E-state index in [-0.39, 0.29) is 19.0 Å². The molecule has 4 nitrogen and oxygen atoms in total. The van der Waals surface area contributed by atoms with E-state index in [4.69, 9.17) is 5.11 Å². The number of benzene rings is 1. The van der Waals surface area contributed by atoms with Gasteiger partial charge in [-0.25, -0.2) is 4.39 Å². The molecule has 1 atom stereocenters. The van der Waals surface area contributed by atoms with Gasteiger partial charge in [0.15, 0.2) is 0 Å². The Balaban J connectivity index is 2.12. The monoisotopic (exact) mass is 254 g/mol. The largest absolute Gasteiger partial charge is 0.394 e. The van der Waals surface area contributed by atoms with Gasteiger partial charge in [0.2, 0.25) is 0 Å². The highest BCUT2D eigenvalue weighted by atomic mass is 19.1. The molecule has 0 bridgehead atoms. The van der Waals surface area contributed by atoms with Crippen molar-refractivity contribution in [2.24, 2.45) is 0 Å². The van der Waals surface area contributed by atoms with Gasteiger partial charge in [0.1, 0.15) is 5.82 Å². The third-order valence-corrected chi connectivity index (χ3v) is 3.14. The Morgan fingerprint density at radius 3 is 2.72 bits per heavy atom. The van der Waals surface area contributed by atoms with Crippen LogP contribution in [0.4, 0.5) is 15.8 Å². The van der Waals surface area contributed by atoms with Crippen molar-refractivity contribution in [2.75, 3.05) is 36.5 Å². The van der Waals surface area contributed by atoms with Gasteiger partial charge in [0.25, 0.3) is 0 Å². The van der Waals surface area contributed by atoms with E-state index in [0.717, 1.165) is 31.6 Å². The van der Waals surface area contributed by atoms with E-state index >= 15 is 0 Å². The van der Waals surface area contributed by atoms with Gasteiger partial charge < -0.3 is 20.4 Å². The maximum Gasteiger partial charge on any atom is 0.125 e. The quantitative estimate of drug-likeness (QED) is 0.739. The zero-order valence-corrected chi connectivity index (χ0v) is 10.3. The standard InChI is InChI=1S/C13H19FN2O2/c14-10-3-4-13(16-5-1-2-6-16)12(7-10)15-8-11(18)9-17/h3-4,7,11,15,17-18H,1-2,5-6,8-9H2. The minimum absolute atomic E-state index is 0.209. The van der Waals surface area contributed by atoms with Crippen molar-refractivity contribution in [3.63, 3.8) is 0 Å². The van der Waals surface area contributed by atoms with Crippen LogP contribution >= 0.6 is 0 Å². The van der Waals surface area contributed by atoms with Crippen LogP contribution < -0.4 is 10.2 Å². The summed E-state index contributed by atoms with van der Waals surface area (Å²) in [6.45, 7) is 1.86. The van der Waals surface area contributed by atoms with Crippen LogP contribution in [0, 0.1) is 5.82 Å². The first kappa shape index (κ1) is 13.1.